The normalized spacial score (nSPS) is 30.1. The summed E-state index contributed by atoms with van der Waals surface area (Å²) in [7, 11) is 0. The number of aliphatic carboxylic acids is 1. The Morgan fingerprint density at radius 1 is 1.32 bits per heavy atom. The number of benzene rings is 1. The number of nitrogens with zero attached hydrogens (tertiary/aromatic N) is 1. The van der Waals surface area contributed by atoms with E-state index in [1.54, 1.807) is 0 Å². The van der Waals surface area contributed by atoms with Crippen LogP contribution in [0.15, 0.2) is 30.3 Å². The van der Waals surface area contributed by atoms with E-state index in [0.29, 0.717) is 12.8 Å². The monoisotopic (exact) mass is 305 g/mol. The fourth-order valence-electron chi connectivity index (χ4n) is 3.28. The van der Waals surface area contributed by atoms with Gasteiger partial charge in [0.15, 0.2) is 0 Å². The minimum Gasteiger partial charge on any atom is -0.480 e. The molecular weight excluding hydrogens is 286 g/mol. The van der Waals surface area contributed by atoms with Gasteiger partial charge in [0.1, 0.15) is 12.6 Å². The van der Waals surface area contributed by atoms with Crippen LogP contribution < -0.4 is 0 Å². The van der Waals surface area contributed by atoms with E-state index in [-0.39, 0.29) is 24.9 Å². The van der Waals surface area contributed by atoms with Crippen molar-refractivity contribution in [2.75, 3.05) is 0 Å². The molecule has 0 radical (unpaired) electrons. The number of carbonyl (C=O) groups is 2. The first-order valence-electron chi connectivity index (χ1n) is 7.43. The fourth-order valence-corrected chi connectivity index (χ4v) is 3.28. The lowest BCUT2D eigenvalue weighted by Crippen LogP contribution is -2.45. The average Bonchev–Trinajstić information content (AvgIpc) is 3.01. The van der Waals surface area contributed by atoms with Crippen molar-refractivity contribution in [2.24, 2.45) is 0 Å². The maximum atomic E-state index is 12.4. The third kappa shape index (κ3) is 2.78. The number of carbonyl (C=O) groups excluding carboxylic acids is 1. The molecule has 0 saturated carbocycles. The van der Waals surface area contributed by atoms with Crippen molar-refractivity contribution in [1.82, 2.24) is 4.90 Å². The Labute approximate surface area is 128 Å². The van der Waals surface area contributed by atoms with Gasteiger partial charge in [-0.2, -0.15) is 0 Å². The maximum absolute atomic E-state index is 12.4. The fraction of sp³-hybridized carbons (Fsp3) is 0.500. The van der Waals surface area contributed by atoms with E-state index in [0.717, 1.165) is 5.56 Å². The molecule has 118 valence electrons. The molecule has 4 atom stereocenters. The summed E-state index contributed by atoms with van der Waals surface area (Å²) in [4.78, 5) is 25.1. The van der Waals surface area contributed by atoms with Gasteiger partial charge in [-0.3, -0.25) is 4.90 Å². The molecule has 6 nitrogen and oxygen atoms in total. The summed E-state index contributed by atoms with van der Waals surface area (Å²) in [6, 6.07) is 8.24. The molecular formula is C16H19NO5. The Balaban J connectivity index is 1.69. The minimum atomic E-state index is -1.01. The first-order valence-corrected chi connectivity index (χ1v) is 7.43. The Morgan fingerprint density at radius 2 is 2.05 bits per heavy atom. The lowest BCUT2D eigenvalue weighted by atomic mass is 10.1. The molecule has 0 bridgehead atoms. The molecule has 1 N–H and O–H groups in total. The molecule has 2 heterocycles. The van der Waals surface area contributed by atoms with Gasteiger partial charge in [0.2, 0.25) is 0 Å². The summed E-state index contributed by atoms with van der Waals surface area (Å²) in [5.41, 5.74) is 0.870. The second kappa shape index (κ2) is 5.96. The topological polar surface area (TPSA) is 76.1 Å². The third-order valence-corrected chi connectivity index (χ3v) is 4.26. The van der Waals surface area contributed by atoms with Crippen LogP contribution in [0, 0.1) is 0 Å². The number of hydrogen-bond acceptors (Lipinski definition) is 4. The van der Waals surface area contributed by atoms with Crippen LogP contribution >= 0.6 is 0 Å². The van der Waals surface area contributed by atoms with Crippen LogP contribution in [0.3, 0.4) is 0 Å². The lowest BCUT2D eigenvalue weighted by Gasteiger charge is -2.26. The third-order valence-electron chi connectivity index (χ3n) is 4.26. The molecule has 2 aliphatic rings. The number of likely N-dealkylation sites (tertiary alicyclic amines) is 1. The Hall–Kier alpha value is -2.08. The van der Waals surface area contributed by atoms with E-state index in [9.17, 15) is 14.7 Å². The molecule has 1 aromatic carbocycles. The second-order valence-corrected chi connectivity index (χ2v) is 5.83. The Kier molecular flexibility index (Phi) is 4.02. The van der Waals surface area contributed by atoms with Crippen molar-refractivity contribution in [3.05, 3.63) is 35.9 Å². The summed E-state index contributed by atoms with van der Waals surface area (Å²) in [5, 5.41) is 9.33. The summed E-state index contributed by atoms with van der Waals surface area (Å²) >= 11 is 0. The molecule has 1 aromatic rings. The first-order chi connectivity index (χ1) is 10.6. The van der Waals surface area contributed by atoms with E-state index in [4.69, 9.17) is 9.47 Å². The SMILES string of the molecule is C[C@@H]1C[C@H]2[C@H](C[C@H](C(=O)O)N2C(=O)OCc2ccccc2)O1. The molecule has 0 unspecified atom stereocenters. The first kappa shape index (κ1) is 14.8. The van der Waals surface area contributed by atoms with Gasteiger partial charge >= 0.3 is 12.1 Å². The van der Waals surface area contributed by atoms with Crippen LogP contribution in [0.2, 0.25) is 0 Å². The van der Waals surface area contributed by atoms with Crippen LogP contribution in [0.25, 0.3) is 0 Å². The van der Waals surface area contributed by atoms with Gasteiger partial charge in [0.25, 0.3) is 0 Å². The number of ether oxygens (including phenoxy) is 2. The molecule has 0 spiro atoms. The summed E-state index contributed by atoms with van der Waals surface area (Å²) in [6.45, 7) is 2.07. The predicted octanol–water partition coefficient (Wildman–Crippen LogP) is 2.03. The van der Waals surface area contributed by atoms with Crippen molar-refractivity contribution in [3.8, 4) is 0 Å². The molecule has 0 aromatic heterocycles. The number of fused-ring (bicyclic) bond motifs is 1. The van der Waals surface area contributed by atoms with Gasteiger partial charge in [-0.05, 0) is 18.9 Å². The van der Waals surface area contributed by atoms with Gasteiger partial charge in [-0.15, -0.1) is 0 Å². The van der Waals surface area contributed by atoms with Gasteiger partial charge < -0.3 is 14.6 Å². The van der Waals surface area contributed by atoms with E-state index in [2.05, 4.69) is 0 Å². The largest absolute Gasteiger partial charge is 0.480 e. The summed E-state index contributed by atoms with van der Waals surface area (Å²) < 4.78 is 11.0. The van der Waals surface area contributed by atoms with Gasteiger partial charge in [-0.1, -0.05) is 30.3 Å². The van der Waals surface area contributed by atoms with E-state index in [1.165, 1.54) is 4.90 Å². The van der Waals surface area contributed by atoms with Crippen LogP contribution in [-0.2, 0) is 20.9 Å². The van der Waals surface area contributed by atoms with Crippen molar-refractivity contribution in [3.63, 3.8) is 0 Å². The van der Waals surface area contributed by atoms with Crippen molar-refractivity contribution < 1.29 is 24.2 Å². The van der Waals surface area contributed by atoms with Gasteiger partial charge in [-0.25, -0.2) is 9.59 Å². The maximum Gasteiger partial charge on any atom is 0.411 e. The second-order valence-electron chi connectivity index (χ2n) is 5.83. The molecule has 22 heavy (non-hydrogen) atoms. The van der Waals surface area contributed by atoms with E-state index >= 15 is 0 Å². The molecule has 2 aliphatic heterocycles. The Morgan fingerprint density at radius 3 is 2.73 bits per heavy atom. The molecule has 6 heteroatoms. The van der Waals surface area contributed by atoms with Crippen LogP contribution in [-0.4, -0.2) is 46.4 Å². The zero-order chi connectivity index (χ0) is 15.7. The number of carboxylic acids is 1. The Bertz CT molecular complexity index is 561. The van der Waals surface area contributed by atoms with Gasteiger partial charge in [0, 0.05) is 6.42 Å². The number of amides is 1. The zero-order valence-electron chi connectivity index (χ0n) is 12.3. The van der Waals surface area contributed by atoms with E-state index < -0.39 is 18.1 Å². The molecule has 0 aliphatic carbocycles. The molecule has 1 amide bonds. The van der Waals surface area contributed by atoms with E-state index in [1.807, 2.05) is 37.3 Å². The quantitative estimate of drug-likeness (QED) is 0.924. The van der Waals surface area contributed by atoms with Crippen LogP contribution in [0.5, 0.6) is 0 Å². The van der Waals surface area contributed by atoms with Crippen molar-refractivity contribution in [1.29, 1.82) is 0 Å². The van der Waals surface area contributed by atoms with Crippen molar-refractivity contribution >= 4 is 12.1 Å². The number of rotatable bonds is 3. The highest BCUT2D eigenvalue weighted by Gasteiger charge is 2.52. The van der Waals surface area contributed by atoms with Gasteiger partial charge in [0.05, 0.1) is 18.2 Å². The smallest absolute Gasteiger partial charge is 0.411 e. The summed E-state index contributed by atoms with van der Waals surface area (Å²) in [5.74, 6) is -1.01. The van der Waals surface area contributed by atoms with Crippen LogP contribution in [0.1, 0.15) is 25.3 Å². The highest BCUT2D eigenvalue weighted by molar-refractivity contribution is 5.81. The van der Waals surface area contributed by atoms with Crippen molar-refractivity contribution in [2.45, 2.75) is 50.7 Å². The number of hydrogen-bond donors (Lipinski definition) is 1. The highest BCUT2D eigenvalue weighted by atomic mass is 16.6. The van der Waals surface area contributed by atoms with Crippen LogP contribution in [0.4, 0.5) is 4.79 Å². The highest BCUT2D eigenvalue weighted by Crippen LogP contribution is 2.37. The molecule has 2 fully saturated rings. The minimum absolute atomic E-state index is 0.0363. The number of carboxylic acid groups (broad SMARTS) is 1. The standard InChI is InChI=1S/C16H19NO5/c1-10-7-12-14(22-10)8-13(15(18)19)17(12)16(20)21-9-11-5-3-2-4-6-11/h2-6,10,12-14H,7-9H2,1H3,(H,18,19)/t10-,12+,13-,14+/m1/s1. The average molecular weight is 305 g/mol. The lowest BCUT2D eigenvalue weighted by molar-refractivity contribution is -0.142. The zero-order valence-corrected chi connectivity index (χ0v) is 12.3. The molecule has 2 saturated heterocycles. The predicted molar refractivity (Wildman–Crippen MR) is 77.2 cm³/mol. The summed E-state index contributed by atoms with van der Waals surface area (Å²) in [6.07, 6.45) is 0.218. The molecule has 3 rings (SSSR count).